The van der Waals surface area contributed by atoms with Gasteiger partial charge >= 0.3 is 0 Å². The summed E-state index contributed by atoms with van der Waals surface area (Å²) in [6.45, 7) is 0. The molecule has 5 nitrogen and oxygen atoms in total. The highest BCUT2D eigenvalue weighted by molar-refractivity contribution is 7.80. The van der Waals surface area contributed by atoms with Crippen LogP contribution >= 0.6 is 35.2 Å². The highest BCUT2D eigenvalue weighted by Gasteiger charge is 2.15. The van der Waals surface area contributed by atoms with Crippen LogP contribution in [0.25, 0.3) is 21.5 Å². The van der Waals surface area contributed by atoms with Crippen molar-refractivity contribution in [1.29, 1.82) is 0 Å². The first-order valence-electron chi connectivity index (χ1n) is 8.02. The van der Waals surface area contributed by atoms with Gasteiger partial charge in [-0.3, -0.25) is 10.1 Å². The number of anilines is 1. The molecule has 2 N–H and O–H groups in total. The normalized spacial score (nSPS) is 10.8. The SMILES string of the molecule is O=C(NC(=S)Nc1nc2ccc(F)cc2s1)c1ccc(-c2ccc(Cl)cc2)o1. The van der Waals surface area contributed by atoms with E-state index in [1.807, 2.05) is 0 Å². The number of carbonyl (C=O) groups excluding carboxylic acids is 1. The van der Waals surface area contributed by atoms with Crippen molar-refractivity contribution in [2.24, 2.45) is 0 Å². The van der Waals surface area contributed by atoms with Crippen molar-refractivity contribution in [2.45, 2.75) is 0 Å². The smallest absolute Gasteiger partial charge is 0.293 e. The zero-order chi connectivity index (χ0) is 19.7. The highest BCUT2D eigenvalue weighted by Crippen LogP contribution is 2.26. The van der Waals surface area contributed by atoms with Crippen LogP contribution in [0.2, 0.25) is 5.02 Å². The summed E-state index contributed by atoms with van der Waals surface area (Å²) in [4.78, 5) is 16.6. The lowest BCUT2D eigenvalue weighted by Gasteiger charge is -2.05. The van der Waals surface area contributed by atoms with E-state index in [1.54, 1.807) is 42.5 Å². The molecule has 0 atom stereocenters. The number of fused-ring (bicyclic) bond motifs is 1. The number of hydrogen-bond acceptors (Lipinski definition) is 5. The fourth-order valence-electron chi connectivity index (χ4n) is 2.47. The number of furan rings is 1. The summed E-state index contributed by atoms with van der Waals surface area (Å²) >= 11 is 12.3. The minimum atomic E-state index is -0.495. The Hall–Kier alpha value is -2.81. The molecule has 2 heterocycles. The molecular formula is C19H11ClFN3O2S2. The van der Waals surface area contributed by atoms with Gasteiger partial charge in [-0.1, -0.05) is 22.9 Å². The van der Waals surface area contributed by atoms with E-state index in [9.17, 15) is 9.18 Å². The van der Waals surface area contributed by atoms with E-state index < -0.39 is 5.91 Å². The van der Waals surface area contributed by atoms with Gasteiger partial charge in [0.2, 0.25) is 0 Å². The molecule has 0 bridgehead atoms. The van der Waals surface area contributed by atoms with Crippen molar-refractivity contribution >= 4 is 61.5 Å². The Morgan fingerprint density at radius 3 is 2.71 bits per heavy atom. The van der Waals surface area contributed by atoms with Gasteiger partial charge < -0.3 is 9.73 Å². The Morgan fingerprint density at radius 2 is 1.93 bits per heavy atom. The van der Waals surface area contributed by atoms with Crippen molar-refractivity contribution in [3.05, 3.63) is 71.2 Å². The molecular weight excluding hydrogens is 421 g/mol. The number of nitrogens with zero attached hydrogens (tertiary/aromatic N) is 1. The van der Waals surface area contributed by atoms with E-state index in [0.717, 1.165) is 5.56 Å². The molecule has 0 spiro atoms. The molecule has 0 unspecified atom stereocenters. The van der Waals surface area contributed by atoms with E-state index in [1.165, 1.54) is 23.5 Å². The average Bonchev–Trinajstić information content (AvgIpc) is 3.28. The molecule has 9 heteroatoms. The second-order valence-corrected chi connectivity index (χ2v) is 7.59. The first-order valence-corrected chi connectivity index (χ1v) is 9.62. The molecule has 2 aromatic heterocycles. The lowest BCUT2D eigenvalue weighted by molar-refractivity contribution is 0.0951. The molecule has 0 aliphatic heterocycles. The summed E-state index contributed by atoms with van der Waals surface area (Å²) in [7, 11) is 0. The third kappa shape index (κ3) is 4.04. The van der Waals surface area contributed by atoms with E-state index in [0.29, 0.717) is 26.1 Å². The van der Waals surface area contributed by atoms with Gasteiger partial charge in [0.05, 0.1) is 10.2 Å². The second kappa shape index (κ2) is 7.67. The van der Waals surface area contributed by atoms with Crippen LogP contribution in [0.4, 0.5) is 9.52 Å². The lowest BCUT2D eigenvalue weighted by Crippen LogP contribution is -2.33. The van der Waals surface area contributed by atoms with E-state index in [2.05, 4.69) is 15.6 Å². The van der Waals surface area contributed by atoms with Gasteiger partial charge in [0, 0.05) is 10.6 Å². The van der Waals surface area contributed by atoms with E-state index in [4.69, 9.17) is 28.2 Å². The van der Waals surface area contributed by atoms with Gasteiger partial charge in [-0.05, 0) is 66.8 Å². The molecule has 0 fully saturated rings. The molecule has 0 saturated heterocycles. The Balaban J connectivity index is 1.42. The minimum Gasteiger partial charge on any atom is -0.451 e. The van der Waals surface area contributed by atoms with Crippen LogP contribution in [0.1, 0.15) is 10.6 Å². The number of aromatic nitrogens is 1. The standard InChI is InChI=1S/C19H11ClFN3O2S2/c20-11-3-1-10(2-4-11)14-7-8-15(26-14)17(25)23-18(27)24-19-22-13-6-5-12(21)9-16(13)28-19/h1-9H,(H2,22,23,24,25,27). The van der Waals surface area contributed by atoms with Gasteiger partial charge in [0.1, 0.15) is 11.6 Å². The van der Waals surface area contributed by atoms with Crippen LogP contribution in [-0.2, 0) is 0 Å². The number of amides is 1. The number of halogens is 2. The number of thiazole rings is 1. The van der Waals surface area contributed by atoms with Gasteiger partial charge in [-0.2, -0.15) is 0 Å². The minimum absolute atomic E-state index is 0.0639. The topological polar surface area (TPSA) is 67.2 Å². The fourth-order valence-corrected chi connectivity index (χ4v) is 3.75. The average molecular weight is 432 g/mol. The number of nitrogens with one attached hydrogen (secondary N) is 2. The van der Waals surface area contributed by atoms with Crippen LogP contribution in [0.15, 0.2) is 59.0 Å². The Morgan fingerprint density at radius 1 is 1.14 bits per heavy atom. The van der Waals surface area contributed by atoms with Gasteiger partial charge in [-0.15, -0.1) is 0 Å². The maximum absolute atomic E-state index is 13.3. The molecule has 28 heavy (non-hydrogen) atoms. The largest absolute Gasteiger partial charge is 0.451 e. The molecule has 140 valence electrons. The molecule has 4 aromatic rings. The van der Waals surface area contributed by atoms with Crippen molar-refractivity contribution < 1.29 is 13.6 Å². The summed E-state index contributed by atoms with van der Waals surface area (Å²) in [6, 6.07) is 14.6. The summed E-state index contributed by atoms with van der Waals surface area (Å²) in [6.07, 6.45) is 0. The zero-order valence-electron chi connectivity index (χ0n) is 14.0. The number of carbonyl (C=O) groups is 1. The van der Waals surface area contributed by atoms with Crippen LogP contribution in [-0.4, -0.2) is 16.0 Å². The number of rotatable bonds is 3. The highest BCUT2D eigenvalue weighted by atomic mass is 35.5. The monoisotopic (exact) mass is 431 g/mol. The number of hydrogen-bond donors (Lipinski definition) is 2. The van der Waals surface area contributed by atoms with Crippen LogP contribution in [0.3, 0.4) is 0 Å². The molecule has 0 saturated carbocycles. The molecule has 0 aliphatic rings. The van der Waals surface area contributed by atoms with Gasteiger partial charge in [0.15, 0.2) is 16.0 Å². The predicted molar refractivity (Wildman–Crippen MR) is 112 cm³/mol. The summed E-state index contributed by atoms with van der Waals surface area (Å²) in [5.74, 6) is -0.188. The Labute approximate surface area is 173 Å². The zero-order valence-corrected chi connectivity index (χ0v) is 16.4. The van der Waals surface area contributed by atoms with E-state index in [-0.39, 0.29) is 16.7 Å². The molecule has 4 rings (SSSR count). The van der Waals surface area contributed by atoms with Crippen molar-refractivity contribution in [1.82, 2.24) is 10.3 Å². The van der Waals surface area contributed by atoms with Gasteiger partial charge in [-0.25, -0.2) is 9.37 Å². The fraction of sp³-hybridized carbons (Fsp3) is 0. The molecule has 0 aliphatic carbocycles. The molecule has 2 aromatic carbocycles. The molecule has 0 radical (unpaired) electrons. The van der Waals surface area contributed by atoms with Crippen molar-refractivity contribution in [3.8, 4) is 11.3 Å². The van der Waals surface area contributed by atoms with Gasteiger partial charge in [0.25, 0.3) is 5.91 Å². The lowest BCUT2D eigenvalue weighted by atomic mass is 10.2. The first-order chi connectivity index (χ1) is 13.5. The first kappa shape index (κ1) is 18.5. The maximum Gasteiger partial charge on any atom is 0.293 e. The quantitative estimate of drug-likeness (QED) is 0.421. The number of benzene rings is 2. The van der Waals surface area contributed by atoms with E-state index >= 15 is 0 Å². The van der Waals surface area contributed by atoms with Crippen molar-refractivity contribution in [3.63, 3.8) is 0 Å². The van der Waals surface area contributed by atoms with Crippen LogP contribution in [0, 0.1) is 5.82 Å². The third-order valence-electron chi connectivity index (χ3n) is 3.76. The third-order valence-corrected chi connectivity index (χ3v) is 5.15. The number of thiocarbonyl (C=S) groups is 1. The van der Waals surface area contributed by atoms with Crippen LogP contribution in [0.5, 0.6) is 0 Å². The van der Waals surface area contributed by atoms with Crippen LogP contribution < -0.4 is 10.6 Å². The Kier molecular flexibility index (Phi) is 5.08. The predicted octanol–water partition coefficient (Wildman–Crippen LogP) is 5.48. The summed E-state index contributed by atoms with van der Waals surface area (Å²) in [5.41, 5.74) is 1.44. The molecule has 1 amide bonds. The summed E-state index contributed by atoms with van der Waals surface area (Å²) in [5, 5.41) is 6.49. The second-order valence-electron chi connectivity index (χ2n) is 5.71. The summed E-state index contributed by atoms with van der Waals surface area (Å²) < 4.78 is 19.5. The Bertz CT molecular complexity index is 1190. The maximum atomic E-state index is 13.3. The van der Waals surface area contributed by atoms with Crippen molar-refractivity contribution in [2.75, 3.05) is 5.32 Å².